The number of carbonyl (C=O) groups is 1. The van der Waals surface area contributed by atoms with Crippen LogP contribution >= 0.6 is 0 Å². The van der Waals surface area contributed by atoms with Crippen molar-refractivity contribution in [1.29, 1.82) is 0 Å². The van der Waals surface area contributed by atoms with Crippen LogP contribution in [0.3, 0.4) is 0 Å². The predicted octanol–water partition coefficient (Wildman–Crippen LogP) is 0.790. The first-order chi connectivity index (χ1) is 5.29. The van der Waals surface area contributed by atoms with Crippen LogP contribution in [-0.2, 0) is 9.53 Å². The number of rotatable bonds is 1. The molecule has 1 saturated carbocycles. The standard InChI is InChI=1S/C7H11NO3/c1-11-7(9)5-3-2-4-6(5)8-10/h5,10H,2-4H2,1H3/b8-6+. The minimum absolute atomic E-state index is 0.296. The third-order valence-corrected chi connectivity index (χ3v) is 1.94. The molecule has 0 bridgehead atoms. The quantitative estimate of drug-likeness (QED) is 0.348. The fourth-order valence-electron chi connectivity index (χ4n) is 1.34. The molecule has 0 aliphatic heterocycles. The molecule has 4 nitrogen and oxygen atoms in total. The molecule has 0 aromatic rings. The van der Waals surface area contributed by atoms with Crippen molar-refractivity contribution in [3.05, 3.63) is 0 Å². The maximum absolute atomic E-state index is 11.0. The highest BCUT2D eigenvalue weighted by atomic mass is 16.5. The summed E-state index contributed by atoms with van der Waals surface area (Å²) in [5.74, 6) is -0.597. The summed E-state index contributed by atoms with van der Waals surface area (Å²) in [6.07, 6.45) is 2.35. The Hall–Kier alpha value is -1.06. The Balaban J connectivity index is 2.64. The van der Waals surface area contributed by atoms with Gasteiger partial charge < -0.3 is 9.94 Å². The van der Waals surface area contributed by atoms with Crippen LogP contribution in [0.1, 0.15) is 19.3 Å². The minimum atomic E-state index is -0.301. The lowest BCUT2D eigenvalue weighted by Crippen LogP contribution is -2.19. The van der Waals surface area contributed by atoms with Crippen LogP contribution in [0.15, 0.2) is 5.16 Å². The number of esters is 1. The highest BCUT2D eigenvalue weighted by Crippen LogP contribution is 2.23. The van der Waals surface area contributed by atoms with Gasteiger partial charge in [-0.2, -0.15) is 0 Å². The molecule has 1 aliphatic carbocycles. The molecule has 0 amide bonds. The molecule has 1 fully saturated rings. The molecule has 0 spiro atoms. The number of hydrogen-bond donors (Lipinski definition) is 1. The van der Waals surface area contributed by atoms with E-state index in [0.29, 0.717) is 12.1 Å². The third-order valence-electron chi connectivity index (χ3n) is 1.94. The summed E-state index contributed by atoms with van der Waals surface area (Å²) < 4.78 is 4.54. The Bertz CT molecular complexity index is 188. The molecular formula is C7H11NO3. The molecule has 1 unspecified atom stereocenters. The van der Waals surface area contributed by atoms with E-state index in [-0.39, 0.29) is 11.9 Å². The van der Waals surface area contributed by atoms with E-state index in [1.165, 1.54) is 7.11 Å². The van der Waals surface area contributed by atoms with Crippen molar-refractivity contribution < 1.29 is 14.7 Å². The predicted molar refractivity (Wildman–Crippen MR) is 38.6 cm³/mol. The molecule has 0 saturated heterocycles. The summed E-state index contributed by atoms with van der Waals surface area (Å²) in [4.78, 5) is 11.0. The molecule has 4 heteroatoms. The second-order valence-corrected chi connectivity index (χ2v) is 2.56. The summed E-state index contributed by atoms with van der Waals surface area (Å²) in [6.45, 7) is 0. The van der Waals surface area contributed by atoms with Gasteiger partial charge in [0.25, 0.3) is 0 Å². The van der Waals surface area contributed by atoms with Crippen molar-refractivity contribution in [1.82, 2.24) is 0 Å². The van der Waals surface area contributed by atoms with Gasteiger partial charge in [0.15, 0.2) is 0 Å². The number of ether oxygens (including phenoxy) is 1. The van der Waals surface area contributed by atoms with Crippen molar-refractivity contribution in [3.8, 4) is 0 Å². The van der Waals surface area contributed by atoms with Gasteiger partial charge in [-0.25, -0.2) is 0 Å². The van der Waals surface area contributed by atoms with Crippen molar-refractivity contribution in [3.63, 3.8) is 0 Å². The van der Waals surface area contributed by atoms with Gasteiger partial charge in [-0.05, 0) is 19.3 Å². The lowest BCUT2D eigenvalue weighted by atomic mass is 10.1. The monoisotopic (exact) mass is 157 g/mol. The second kappa shape index (κ2) is 3.37. The van der Waals surface area contributed by atoms with Gasteiger partial charge in [0.1, 0.15) is 0 Å². The van der Waals surface area contributed by atoms with E-state index in [2.05, 4.69) is 9.89 Å². The average Bonchev–Trinajstić information content (AvgIpc) is 2.50. The van der Waals surface area contributed by atoms with Gasteiger partial charge in [0.05, 0.1) is 18.7 Å². The first kappa shape index (κ1) is 8.04. The Morgan fingerprint density at radius 2 is 2.55 bits per heavy atom. The lowest BCUT2D eigenvalue weighted by Gasteiger charge is -2.05. The van der Waals surface area contributed by atoms with Crippen molar-refractivity contribution >= 4 is 11.7 Å². The zero-order valence-corrected chi connectivity index (χ0v) is 6.41. The van der Waals surface area contributed by atoms with Crippen molar-refractivity contribution in [2.24, 2.45) is 11.1 Å². The van der Waals surface area contributed by atoms with Crippen LogP contribution in [-0.4, -0.2) is 24.0 Å². The average molecular weight is 157 g/mol. The first-order valence-electron chi connectivity index (χ1n) is 3.58. The SMILES string of the molecule is COC(=O)C1CCC/C1=N\O. The van der Waals surface area contributed by atoms with E-state index in [1.54, 1.807) is 0 Å². The maximum Gasteiger partial charge on any atom is 0.314 e. The smallest absolute Gasteiger partial charge is 0.314 e. The molecule has 0 radical (unpaired) electrons. The van der Waals surface area contributed by atoms with E-state index < -0.39 is 0 Å². The third kappa shape index (κ3) is 1.50. The highest BCUT2D eigenvalue weighted by Gasteiger charge is 2.30. The van der Waals surface area contributed by atoms with Crippen LogP contribution in [0.2, 0.25) is 0 Å². The maximum atomic E-state index is 11.0. The second-order valence-electron chi connectivity index (χ2n) is 2.56. The summed E-state index contributed by atoms with van der Waals surface area (Å²) in [6, 6.07) is 0. The van der Waals surface area contributed by atoms with Crippen LogP contribution in [0.25, 0.3) is 0 Å². The fraction of sp³-hybridized carbons (Fsp3) is 0.714. The number of hydrogen-bond acceptors (Lipinski definition) is 4. The van der Waals surface area contributed by atoms with E-state index in [4.69, 9.17) is 5.21 Å². The van der Waals surface area contributed by atoms with E-state index in [9.17, 15) is 4.79 Å². The topological polar surface area (TPSA) is 58.9 Å². The van der Waals surface area contributed by atoms with Gasteiger partial charge in [-0.15, -0.1) is 0 Å². The van der Waals surface area contributed by atoms with Gasteiger partial charge in [0, 0.05) is 0 Å². The van der Waals surface area contributed by atoms with Crippen molar-refractivity contribution in [2.75, 3.05) is 7.11 Å². The molecule has 0 aromatic heterocycles. The molecule has 0 aromatic carbocycles. The zero-order valence-electron chi connectivity index (χ0n) is 6.41. The van der Waals surface area contributed by atoms with E-state index in [1.807, 2.05) is 0 Å². The van der Waals surface area contributed by atoms with Gasteiger partial charge >= 0.3 is 5.97 Å². The molecule has 1 N–H and O–H groups in total. The lowest BCUT2D eigenvalue weighted by molar-refractivity contribution is -0.143. The Kier molecular flexibility index (Phi) is 2.46. The number of carbonyl (C=O) groups excluding carboxylic acids is 1. The molecule has 62 valence electrons. The van der Waals surface area contributed by atoms with Crippen LogP contribution in [0.5, 0.6) is 0 Å². The Labute approximate surface area is 64.8 Å². The fourth-order valence-corrected chi connectivity index (χ4v) is 1.34. The van der Waals surface area contributed by atoms with E-state index in [0.717, 1.165) is 12.8 Å². The van der Waals surface area contributed by atoms with Crippen molar-refractivity contribution in [2.45, 2.75) is 19.3 Å². The van der Waals surface area contributed by atoms with Gasteiger partial charge in [-0.3, -0.25) is 4.79 Å². The molecule has 1 rings (SSSR count). The normalized spacial score (nSPS) is 27.4. The molecule has 11 heavy (non-hydrogen) atoms. The van der Waals surface area contributed by atoms with Crippen LogP contribution < -0.4 is 0 Å². The number of nitrogens with zero attached hydrogens (tertiary/aromatic N) is 1. The van der Waals surface area contributed by atoms with Crippen LogP contribution in [0, 0.1) is 5.92 Å². The summed E-state index contributed by atoms with van der Waals surface area (Å²) in [5.41, 5.74) is 0.553. The van der Waals surface area contributed by atoms with Crippen LogP contribution in [0.4, 0.5) is 0 Å². The molecule has 1 atom stereocenters. The summed E-state index contributed by atoms with van der Waals surface area (Å²) in [7, 11) is 1.34. The Morgan fingerprint density at radius 3 is 3.09 bits per heavy atom. The number of methoxy groups -OCH3 is 1. The van der Waals surface area contributed by atoms with E-state index >= 15 is 0 Å². The zero-order chi connectivity index (χ0) is 8.27. The van der Waals surface area contributed by atoms with Gasteiger partial charge in [-0.1, -0.05) is 5.16 Å². The summed E-state index contributed by atoms with van der Waals surface area (Å²) >= 11 is 0. The van der Waals surface area contributed by atoms with Gasteiger partial charge in [0.2, 0.25) is 0 Å². The molecule has 1 aliphatic rings. The first-order valence-corrected chi connectivity index (χ1v) is 3.58. The number of oxime groups is 1. The molecular weight excluding hydrogens is 146 g/mol. The largest absolute Gasteiger partial charge is 0.469 e. The minimum Gasteiger partial charge on any atom is -0.469 e. The summed E-state index contributed by atoms with van der Waals surface area (Å²) in [5, 5.41) is 11.5. The highest BCUT2D eigenvalue weighted by molar-refractivity contribution is 6.03. The Morgan fingerprint density at radius 1 is 1.82 bits per heavy atom. The molecule has 0 heterocycles.